The monoisotopic (exact) mass is 387 g/mol. The standard InChI is InChI=1S/C16H29N5O6/c17-6-2-1-4-10(18)14(24)19-8-13(23)21-7-3-5-12(21)15(25)20-11(9-22)16(26)27/h10-12,22H,1-9,17-18H2,(H,19,24)(H,20,25)(H,26,27)/t10-,11-,12-/m0/s1. The number of carbonyl (C=O) groups excluding carboxylic acids is 3. The lowest BCUT2D eigenvalue weighted by molar-refractivity contribution is -0.144. The van der Waals surface area contributed by atoms with Crippen molar-refractivity contribution in [3.8, 4) is 0 Å². The Labute approximate surface area is 157 Å². The molecule has 11 heteroatoms. The third kappa shape index (κ3) is 7.12. The largest absolute Gasteiger partial charge is 0.480 e. The number of nitrogens with one attached hydrogen (secondary N) is 2. The molecule has 27 heavy (non-hydrogen) atoms. The minimum absolute atomic E-state index is 0.296. The minimum Gasteiger partial charge on any atom is -0.480 e. The van der Waals surface area contributed by atoms with Gasteiger partial charge in [-0.05, 0) is 32.2 Å². The summed E-state index contributed by atoms with van der Waals surface area (Å²) in [6, 6.07) is -3.00. The summed E-state index contributed by atoms with van der Waals surface area (Å²) < 4.78 is 0. The number of hydrogen-bond donors (Lipinski definition) is 6. The number of aliphatic hydroxyl groups is 1. The predicted octanol–water partition coefficient (Wildman–Crippen LogP) is -2.89. The molecular weight excluding hydrogens is 358 g/mol. The molecule has 3 amide bonds. The van der Waals surface area contributed by atoms with Crippen LogP contribution in [-0.4, -0.2) is 83.2 Å². The molecule has 0 saturated carbocycles. The summed E-state index contributed by atoms with van der Waals surface area (Å²) in [4.78, 5) is 48.7. The Morgan fingerprint density at radius 3 is 2.52 bits per heavy atom. The van der Waals surface area contributed by atoms with Gasteiger partial charge in [0.1, 0.15) is 12.1 Å². The van der Waals surface area contributed by atoms with Crippen molar-refractivity contribution in [1.82, 2.24) is 15.5 Å². The summed E-state index contributed by atoms with van der Waals surface area (Å²) in [6.45, 7) is -0.203. The molecule has 1 aliphatic heterocycles. The summed E-state index contributed by atoms with van der Waals surface area (Å²) in [6.07, 6.45) is 2.89. The number of nitrogens with zero attached hydrogens (tertiary/aromatic N) is 1. The number of aliphatic carboxylic acids is 1. The number of unbranched alkanes of at least 4 members (excludes halogenated alkanes) is 1. The van der Waals surface area contributed by atoms with E-state index in [-0.39, 0.29) is 6.54 Å². The molecule has 1 saturated heterocycles. The van der Waals surface area contributed by atoms with Crippen molar-refractivity contribution in [2.24, 2.45) is 11.5 Å². The van der Waals surface area contributed by atoms with Gasteiger partial charge in [0.25, 0.3) is 0 Å². The van der Waals surface area contributed by atoms with Crippen molar-refractivity contribution < 1.29 is 29.4 Å². The SMILES string of the molecule is NCCCC[C@H](N)C(=O)NCC(=O)N1CCC[C@H]1C(=O)N[C@@H](CO)C(=O)O. The Hall–Kier alpha value is -2.24. The molecule has 3 atom stereocenters. The van der Waals surface area contributed by atoms with E-state index < -0.39 is 48.4 Å². The average Bonchev–Trinajstić information content (AvgIpc) is 3.13. The molecule has 0 aromatic rings. The molecule has 0 unspecified atom stereocenters. The number of likely N-dealkylation sites (tertiary alicyclic amines) is 1. The Balaban J connectivity index is 2.52. The first-order valence-electron chi connectivity index (χ1n) is 8.98. The summed E-state index contributed by atoms with van der Waals surface area (Å²) in [5.41, 5.74) is 11.1. The van der Waals surface area contributed by atoms with Gasteiger partial charge in [-0.15, -0.1) is 0 Å². The summed E-state index contributed by atoms with van der Waals surface area (Å²) in [5.74, 6) is -2.91. The number of rotatable bonds is 11. The van der Waals surface area contributed by atoms with Gasteiger partial charge < -0.3 is 37.2 Å². The Bertz CT molecular complexity index is 543. The second kappa shape index (κ2) is 11.5. The van der Waals surface area contributed by atoms with Crippen molar-refractivity contribution in [1.29, 1.82) is 0 Å². The lowest BCUT2D eigenvalue weighted by Crippen LogP contribution is -2.53. The first-order valence-corrected chi connectivity index (χ1v) is 8.98. The van der Waals surface area contributed by atoms with Gasteiger partial charge in [-0.2, -0.15) is 0 Å². The number of carbonyl (C=O) groups is 4. The number of nitrogens with two attached hydrogens (primary N) is 2. The highest BCUT2D eigenvalue weighted by Crippen LogP contribution is 2.17. The number of amides is 3. The van der Waals surface area contributed by atoms with Gasteiger partial charge in [-0.1, -0.05) is 6.42 Å². The molecule has 1 heterocycles. The molecular formula is C16H29N5O6. The zero-order valence-corrected chi connectivity index (χ0v) is 15.2. The zero-order valence-electron chi connectivity index (χ0n) is 15.2. The summed E-state index contributed by atoms with van der Waals surface area (Å²) in [7, 11) is 0. The van der Waals surface area contributed by atoms with Crippen LogP contribution in [0.25, 0.3) is 0 Å². The fourth-order valence-electron chi connectivity index (χ4n) is 2.83. The summed E-state index contributed by atoms with van der Waals surface area (Å²) in [5, 5.41) is 22.6. The van der Waals surface area contributed by atoms with Gasteiger partial charge in [0, 0.05) is 6.54 Å². The third-order valence-electron chi connectivity index (χ3n) is 4.39. The molecule has 0 aliphatic carbocycles. The lowest BCUT2D eigenvalue weighted by atomic mass is 10.1. The first kappa shape index (κ1) is 22.8. The normalized spacial score (nSPS) is 18.6. The molecule has 154 valence electrons. The molecule has 0 aromatic carbocycles. The van der Waals surface area contributed by atoms with E-state index in [4.69, 9.17) is 21.7 Å². The third-order valence-corrected chi connectivity index (χ3v) is 4.39. The van der Waals surface area contributed by atoms with E-state index in [1.807, 2.05) is 0 Å². The van der Waals surface area contributed by atoms with E-state index in [1.54, 1.807) is 0 Å². The van der Waals surface area contributed by atoms with Gasteiger partial charge in [0.2, 0.25) is 17.7 Å². The van der Waals surface area contributed by atoms with E-state index in [9.17, 15) is 19.2 Å². The van der Waals surface area contributed by atoms with Gasteiger partial charge in [0.05, 0.1) is 19.2 Å². The lowest BCUT2D eigenvalue weighted by Gasteiger charge is -2.25. The topological polar surface area (TPSA) is 188 Å². The van der Waals surface area contributed by atoms with Gasteiger partial charge in [0.15, 0.2) is 0 Å². The number of carboxylic acid groups (broad SMARTS) is 1. The van der Waals surface area contributed by atoms with Crippen LogP contribution in [0.5, 0.6) is 0 Å². The van der Waals surface area contributed by atoms with Crippen LogP contribution in [0.15, 0.2) is 0 Å². The molecule has 1 fully saturated rings. The molecule has 1 rings (SSSR count). The van der Waals surface area contributed by atoms with E-state index in [0.29, 0.717) is 38.8 Å². The van der Waals surface area contributed by atoms with Crippen molar-refractivity contribution in [2.45, 2.75) is 50.2 Å². The second-order valence-electron chi connectivity index (χ2n) is 6.44. The molecule has 1 aliphatic rings. The van der Waals surface area contributed by atoms with E-state index in [1.165, 1.54) is 4.90 Å². The molecule has 8 N–H and O–H groups in total. The van der Waals surface area contributed by atoms with Crippen molar-refractivity contribution >= 4 is 23.7 Å². The average molecular weight is 387 g/mol. The van der Waals surface area contributed by atoms with Crippen molar-refractivity contribution in [2.75, 3.05) is 26.2 Å². The smallest absolute Gasteiger partial charge is 0.328 e. The molecule has 0 aromatic heterocycles. The van der Waals surface area contributed by atoms with E-state index in [2.05, 4.69) is 10.6 Å². The highest BCUT2D eigenvalue weighted by atomic mass is 16.4. The van der Waals surface area contributed by atoms with Crippen LogP contribution in [0.1, 0.15) is 32.1 Å². The predicted molar refractivity (Wildman–Crippen MR) is 95.3 cm³/mol. The van der Waals surface area contributed by atoms with Crippen LogP contribution >= 0.6 is 0 Å². The zero-order chi connectivity index (χ0) is 20.4. The number of aliphatic hydroxyl groups excluding tert-OH is 1. The quantitative estimate of drug-likeness (QED) is 0.204. The molecule has 0 spiro atoms. The maximum atomic E-state index is 12.3. The summed E-state index contributed by atoms with van der Waals surface area (Å²) >= 11 is 0. The van der Waals surface area contributed by atoms with Crippen LogP contribution in [0.3, 0.4) is 0 Å². The highest BCUT2D eigenvalue weighted by molar-refractivity contribution is 5.93. The molecule has 0 radical (unpaired) electrons. The molecule has 11 nitrogen and oxygen atoms in total. The van der Waals surface area contributed by atoms with Gasteiger partial charge >= 0.3 is 5.97 Å². The van der Waals surface area contributed by atoms with E-state index in [0.717, 1.165) is 6.42 Å². The molecule has 0 bridgehead atoms. The van der Waals surface area contributed by atoms with Crippen molar-refractivity contribution in [3.05, 3.63) is 0 Å². The number of carboxylic acids is 1. The Morgan fingerprint density at radius 2 is 1.93 bits per heavy atom. The van der Waals surface area contributed by atoms with Crippen LogP contribution < -0.4 is 22.1 Å². The van der Waals surface area contributed by atoms with Crippen LogP contribution in [0.4, 0.5) is 0 Å². The highest BCUT2D eigenvalue weighted by Gasteiger charge is 2.35. The maximum absolute atomic E-state index is 12.3. The number of hydrogen-bond acceptors (Lipinski definition) is 7. The second-order valence-corrected chi connectivity index (χ2v) is 6.44. The fourth-order valence-corrected chi connectivity index (χ4v) is 2.83. The Kier molecular flexibility index (Phi) is 9.68. The maximum Gasteiger partial charge on any atom is 0.328 e. The van der Waals surface area contributed by atoms with Gasteiger partial charge in [-0.25, -0.2) is 4.79 Å². The van der Waals surface area contributed by atoms with E-state index >= 15 is 0 Å². The van der Waals surface area contributed by atoms with Crippen LogP contribution in [0.2, 0.25) is 0 Å². The fraction of sp³-hybridized carbons (Fsp3) is 0.750. The van der Waals surface area contributed by atoms with Gasteiger partial charge in [-0.3, -0.25) is 14.4 Å². The van der Waals surface area contributed by atoms with Crippen LogP contribution in [0, 0.1) is 0 Å². The van der Waals surface area contributed by atoms with Crippen LogP contribution in [-0.2, 0) is 19.2 Å². The van der Waals surface area contributed by atoms with Crippen molar-refractivity contribution in [3.63, 3.8) is 0 Å². The Morgan fingerprint density at radius 1 is 1.22 bits per heavy atom. The first-order chi connectivity index (χ1) is 12.8. The minimum atomic E-state index is -1.43.